The van der Waals surface area contributed by atoms with E-state index in [2.05, 4.69) is 56.2 Å². The molecule has 1 aromatic rings. The number of fused-ring (bicyclic) bond motifs is 1. The van der Waals surface area contributed by atoms with Gasteiger partial charge in [-0.1, -0.05) is 32.0 Å². The summed E-state index contributed by atoms with van der Waals surface area (Å²) < 4.78 is 0. The van der Waals surface area contributed by atoms with Crippen LogP contribution in [0.2, 0.25) is 0 Å². The number of hydrogen-bond donors (Lipinski definition) is 2. The van der Waals surface area contributed by atoms with E-state index in [1.165, 1.54) is 16.8 Å². The minimum Gasteiger partial charge on any atom is -0.354 e. The molecule has 21 heavy (non-hydrogen) atoms. The smallest absolute Gasteiger partial charge is 0.256 e. The second-order valence-electron chi connectivity index (χ2n) is 6.73. The van der Waals surface area contributed by atoms with Crippen molar-refractivity contribution in [3.05, 3.63) is 29.3 Å². The summed E-state index contributed by atoms with van der Waals surface area (Å²) in [5.74, 6) is 5.78. The van der Waals surface area contributed by atoms with Gasteiger partial charge in [-0.25, -0.2) is 5.84 Å². The number of rotatable bonds is 3. The largest absolute Gasteiger partial charge is 0.354 e. The van der Waals surface area contributed by atoms with Gasteiger partial charge >= 0.3 is 0 Å². The van der Waals surface area contributed by atoms with Crippen LogP contribution in [-0.4, -0.2) is 17.5 Å². The van der Waals surface area contributed by atoms with Gasteiger partial charge in [-0.05, 0) is 50.7 Å². The van der Waals surface area contributed by atoms with Gasteiger partial charge in [0.2, 0.25) is 0 Å². The van der Waals surface area contributed by atoms with E-state index < -0.39 is 0 Å². The van der Waals surface area contributed by atoms with E-state index in [-0.39, 0.29) is 17.5 Å². The average Bonchev–Trinajstić information content (AvgIpc) is 2.42. The molecule has 0 aliphatic carbocycles. The number of nitrogens with one attached hydrogen (secondary N) is 1. The maximum Gasteiger partial charge on any atom is 0.256 e. The molecule has 0 spiro atoms. The number of benzene rings is 1. The van der Waals surface area contributed by atoms with Gasteiger partial charge in [-0.15, -0.1) is 0 Å². The molecule has 1 aliphatic heterocycles. The van der Waals surface area contributed by atoms with Crippen molar-refractivity contribution in [1.82, 2.24) is 5.43 Å². The number of carbonyl (C=O) groups is 1. The van der Waals surface area contributed by atoms with Crippen LogP contribution in [0.15, 0.2) is 18.2 Å². The molecule has 1 amide bonds. The van der Waals surface area contributed by atoms with E-state index >= 15 is 0 Å². The number of amides is 1. The summed E-state index contributed by atoms with van der Waals surface area (Å²) in [5, 5.41) is 0. The zero-order valence-corrected chi connectivity index (χ0v) is 13.7. The van der Waals surface area contributed by atoms with Crippen LogP contribution in [-0.2, 0) is 4.79 Å². The first-order chi connectivity index (χ1) is 9.83. The molecule has 0 unspecified atom stereocenters. The van der Waals surface area contributed by atoms with Gasteiger partial charge in [0, 0.05) is 11.2 Å². The van der Waals surface area contributed by atoms with E-state index in [4.69, 9.17) is 5.84 Å². The molecule has 2 atom stereocenters. The minimum atomic E-state index is -0.239. The van der Waals surface area contributed by atoms with Crippen LogP contribution in [0.4, 0.5) is 5.69 Å². The van der Waals surface area contributed by atoms with Gasteiger partial charge in [0.05, 0.1) is 0 Å². The normalized spacial score (nSPS) is 21.6. The van der Waals surface area contributed by atoms with Gasteiger partial charge < -0.3 is 4.90 Å². The van der Waals surface area contributed by atoms with E-state index in [9.17, 15) is 4.79 Å². The molecule has 0 radical (unpaired) electrons. The zero-order valence-electron chi connectivity index (χ0n) is 13.7. The number of para-hydroxylation sites is 1. The summed E-state index contributed by atoms with van der Waals surface area (Å²) in [6.07, 6.45) is 1.76. The number of nitrogens with zero attached hydrogens (tertiary/aromatic N) is 1. The maximum atomic E-state index is 12.3. The van der Waals surface area contributed by atoms with Crippen molar-refractivity contribution >= 4 is 11.6 Å². The molecule has 0 saturated carbocycles. The lowest BCUT2D eigenvalue weighted by molar-refractivity contribution is -0.122. The van der Waals surface area contributed by atoms with Crippen LogP contribution in [0.25, 0.3) is 0 Å². The highest BCUT2D eigenvalue weighted by molar-refractivity contribution is 5.86. The second kappa shape index (κ2) is 5.68. The Hall–Kier alpha value is -1.55. The van der Waals surface area contributed by atoms with Gasteiger partial charge in [-0.2, -0.15) is 0 Å². The molecule has 3 N–H and O–H groups in total. The molecule has 1 heterocycles. The lowest BCUT2D eigenvalue weighted by Crippen LogP contribution is -2.59. The first-order valence-electron chi connectivity index (χ1n) is 7.72. The Balaban J connectivity index is 2.62. The highest BCUT2D eigenvalue weighted by Gasteiger charge is 2.42. The third-order valence-electron chi connectivity index (χ3n) is 4.64. The fourth-order valence-electron chi connectivity index (χ4n) is 3.83. The molecule has 0 fully saturated rings. The fourth-order valence-corrected chi connectivity index (χ4v) is 3.83. The van der Waals surface area contributed by atoms with E-state index in [1.807, 2.05) is 6.92 Å². The molecule has 2 rings (SSSR count). The monoisotopic (exact) mass is 289 g/mol. The number of aryl methyl sites for hydroxylation is 1. The van der Waals surface area contributed by atoms with E-state index in [0.29, 0.717) is 5.92 Å². The van der Waals surface area contributed by atoms with Crippen molar-refractivity contribution in [3.63, 3.8) is 0 Å². The Morgan fingerprint density at radius 2 is 2.19 bits per heavy atom. The fraction of sp³-hybridized carbons (Fsp3) is 0.588. The summed E-state index contributed by atoms with van der Waals surface area (Å²) in [6.45, 7) is 10.8. The average molecular weight is 289 g/mol. The van der Waals surface area contributed by atoms with Crippen molar-refractivity contribution in [3.8, 4) is 0 Å². The van der Waals surface area contributed by atoms with Crippen LogP contribution in [0.3, 0.4) is 0 Å². The Morgan fingerprint density at radius 3 is 2.76 bits per heavy atom. The Labute approximate surface area is 127 Å². The molecule has 4 heteroatoms. The predicted molar refractivity (Wildman–Crippen MR) is 87.2 cm³/mol. The lowest BCUT2D eigenvalue weighted by Gasteiger charge is -2.51. The number of hydrazine groups is 1. The third-order valence-corrected chi connectivity index (χ3v) is 4.64. The Kier molecular flexibility index (Phi) is 4.28. The quantitative estimate of drug-likeness (QED) is 0.511. The SMILES string of the molecule is CC[C@H](C(=O)NN)N1c2c(C)cccc2[C@@H](C)CC1(C)C. The second-order valence-corrected chi connectivity index (χ2v) is 6.73. The topological polar surface area (TPSA) is 58.4 Å². The number of hydrogen-bond acceptors (Lipinski definition) is 3. The van der Waals surface area contributed by atoms with Crippen molar-refractivity contribution in [2.75, 3.05) is 4.90 Å². The predicted octanol–water partition coefficient (Wildman–Crippen LogP) is 2.86. The first-order valence-corrected chi connectivity index (χ1v) is 7.72. The van der Waals surface area contributed by atoms with Crippen LogP contribution in [0.1, 0.15) is 57.6 Å². The summed E-state index contributed by atoms with van der Waals surface area (Å²) in [5.41, 5.74) is 6.01. The molecule has 1 aliphatic rings. The van der Waals surface area contributed by atoms with E-state index in [0.717, 1.165) is 12.8 Å². The van der Waals surface area contributed by atoms with Crippen molar-refractivity contribution in [2.45, 2.75) is 65.0 Å². The highest BCUT2D eigenvalue weighted by Crippen LogP contribution is 2.46. The summed E-state index contributed by atoms with van der Waals surface area (Å²) >= 11 is 0. The van der Waals surface area contributed by atoms with Crippen LogP contribution >= 0.6 is 0 Å². The van der Waals surface area contributed by atoms with Crippen molar-refractivity contribution in [2.24, 2.45) is 5.84 Å². The van der Waals surface area contributed by atoms with Gasteiger partial charge in [0.1, 0.15) is 6.04 Å². The molecule has 0 bridgehead atoms. The standard InChI is InChI=1S/C17H27N3O/c1-6-14(16(21)19-18)20-15-11(2)8-7-9-13(15)12(3)10-17(20,4)5/h7-9,12,14H,6,10,18H2,1-5H3,(H,19,21)/t12-,14+/m0/s1. The molecular formula is C17H27N3O. The summed E-state index contributed by atoms with van der Waals surface area (Å²) in [7, 11) is 0. The van der Waals surface area contributed by atoms with Crippen LogP contribution in [0.5, 0.6) is 0 Å². The van der Waals surface area contributed by atoms with Gasteiger partial charge in [0.15, 0.2) is 0 Å². The number of anilines is 1. The minimum absolute atomic E-state index is 0.0777. The van der Waals surface area contributed by atoms with Crippen LogP contribution < -0.4 is 16.2 Å². The first kappa shape index (κ1) is 15.8. The third kappa shape index (κ3) is 2.64. The molecule has 0 saturated heterocycles. The van der Waals surface area contributed by atoms with Gasteiger partial charge in [0.25, 0.3) is 5.91 Å². The highest BCUT2D eigenvalue weighted by atomic mass is 16.2. The Bertz CT molecular complexity index is 539. The van der Waals surface area contributed by atoms with Gasteiger partial charge in [-0.3, -0.25) is 10.2 Å². The molecule has 0 aromatic heterocycles. The number of nitrogens with two attached hydrogens (primary N) is 1. The van der Waals surface area contributed by atoms with E-state index in [1.54, 1.807) is 0 Å². The molecule has 116 valence electrons. The van der Waals surface area contributed by atoms with Crippen LogP contribution in [0, 0.1) is 6.92 Å². The van der Waals surface area contributed by atoms with Crippen molar-refractivity contribution < 1.29 is 4.79 Å². The molecular weight excluding hydrogens is 262 g/mol. The lowest BCUT2D eigenvalue weighted by atomic mass is 9.78. The van der Waals surface area contributed by atoms with Crippen molar-refractivity contribution in [1.29, 1.82) is 0 Å². The summed E-state index contributed by atoms with van der Waals surface area (Å²) in [6, 6.07) is 6.16. The zero-order chi connectivity index (χ0) is 15.8. The molecule has 4 nitrogen and oxygen atoms in total. The Morgan fingerprint density at radius 1 is 1.52 bits per heavy atom. The summed E-state index contributed by atoms with van der Waals surface area (Å²) in [4.78, 5) is 14.5. The molecule has 1 aromatic carbocycles. The maximum absolute atomic E-state index is 12.3. The number of carbonyl (C=O) groups excluding carboxylic acids is 1.